The van der Waals surface area contributed by atoms with Crippen molar-refractivity contribution in [3.8, 4) is 0 Å². The van der Waals surface area contributed by atoms with E-state index in [4.69, 9.17) is 10.5 Å². The lowest BCUT2D eigenvalue weighted by molar-refractivity contribution is -0.0806. The monoisotopic (exact) mass is 219 g/mol. The topological polar surface area (TPSA) is 35.2 Å². The summed E-state index contributed by atoms with van der Waals surface area (Å²) in [5.74, 6) is 0. The summed E-state index contributed by atoms with van der Waals surface area (Å²) in [6.07, 6.45) is 2.03. The van der Waals surface area contributed by atoms with E-state index in [1.807, 2.05) is 0 Å². The molecule has 0 bridgehead atoms. The molecule has 0 spiro atoms. The van der Waals surface area contributed by atoms with Gasteiger partial charge in [0, 0.05) is 18.6 Å². The van der Waals surface area contributed by atoms with Crippen LogP contribution in [0.5, 0.6) is 0 Å². The van der Waals surface area contributed by atoms with Crippen molar-refractivity contribution < 1.29 is 4.74 Å². The van der Waals surface area contributed by atoms with Crippen molar-refractivity contribution in [3.05, 3.63) is 35.9 Å². The molecule has 1 aliphatic rings. The van der Waals surface area contributed by atoms with Gasteiger partial charge >= 0.3 is 0 Å². The van der Waals surface area contributed by atoms with E-state index in [9.17, 15) is 0 Å². The highest BCUT2D eigenvalue weighted by atomic mass is 16.5. The van der Waals surface area contributed by atoms with E-state index in [-0.39, 0.29) is 11.0 Å². The first-order chi connectivity index (χ1) is 7.58. The van der Waals surface area contributed by atoms with Crippen LogP contribution in [0.1, 0.15) is 32.3 Å². The third-order valence-electron chi connectivity index (χ3n) is 3.61. The van der Waals surface area contributed by atoms with E-state index in [0.29, 0.717) is 6.54 Å². The number of rotatable bonds is 2. The normalized spacial score (nSPS) is 28.9. The van der Waals surface area contributed by atoms with Crippen LogP contribution in [0.4, 0.5) is 0 Å². The fourth-order valence-electron chi connectivity index (χ4n) is 2.81. The van der Waals surface area contributed by atoms with Crippen molar-refractivity contribution in [1.82, 2.24) is 0 Å². The molecule has 1 aromatic rings. The molecule has 2 heteroatoms. The van der Waals surface area contributed by atoms with Gasteiger partial charge in [-0.2, -0.15) is 0 Å². The van der Waals surface area contributed by atoms with Gasteiger partial charge in [0.05, 0.1) is 5.60 Å². The maximum Gasteiger partial charge on any atom is 0.0635 e. The Morgan fingerprint density at radius 2 is 1.94 bits per heavy atom. The van der Waals surface area contributed by atoms with Crippen molar-refractivity contribution in [2.45, 2.75) is 37.7 Å². The van der Waals surface area contributed by atoms with E-state index >= 15 is 0 Å². The lowest BCUT2D eigenvalue weighted by atomic mass is 9.69. The Balaban J connectivity index is 2.33. The van der Waals surface area contributed by atoms with E-state index in [2.05, 4.69) is 44.2 Å². The highest BCUT2D eigenvalue weighted by Crippen LogP contribution is 2.40. The molecule has 0 aromatic heterocycles. The molecule has 88 valence electrons. The van der Waals surface area contributed by atoms with Crippen molar-refractivity contribution in [2.24, 2.45) is 5.73 Å². The fraction of sp³-hybridized carbons (Fsp3) is 0.571. The maximum atomic E-state index is 6.04. The van der Waals surface area contributed by atoms with Crippen molar-refractivity contribution >= 4 is 0 Å². The lowest BCUT2D eigenvalue weighted by Crippen LogP contribution is -2.48. The molecule has 1 atom stereocenters. The molecule has 2 N–H and O–H groups in total. The molecule has 1 heterocycles. The van der Waals surface area contributed by atoms with Crippen LogP contribution in [-0.2, 0) is 10.2 Å². The largest absolute Gasteiger partial charge is 0.376 e. The molecule has 1 aliphatic heterocycles. The molecule has 1 aromatic carbocycles. The Labute approximate surface area is 97.8 Å². The van der Waals surface area contributed by atoms with E-state index < -0.39 is 0 Å². The number of benzene rings is 1. The van der Waals surface area contributed by atoms with Gasteiger partial charge in [0.2, 0.25) is 0 Å². The third kappa shape index (κ3) is 2.13. The molecule has 0 radical (unpaired) electrons. The maximum absolute atomic E-state index is 6.04. The standard InChI is InChI=1S/C14H21NO/c1-13(2)10-14(11-15,8-9-16-13)12-6-4-3-5-7-12/h3-7H,8-11,15H2,1-2H3. The summed E-state index contributed by atoms with van der Waals surface area (Å²) in [5, 5.41) is 0. The van der Waals surface area contributed by atoms with Gasteiger partial charge in [0.25, 0.3) is 0 Å². The van der Waals surface area contributed by atoms with Crippen LogP contribution in [0.15, 0.2) is 30.3 Å². The van der Waals surface area contributed by atoms with Crippen LogP contribution in [0.3, 0.4) is 0 Å². The van der Waals surface area contributed by atoms with Crippen LogP contribution in [0.2, 0.25) is 0 Å². The molecular formula is C14H21NO. The Hall–Kier alpha value is -0.860. The highest BCUT2D eigenvalue weighted by molar-refractivity contribution is 5.27. The quantitative estimate of drug-likeness (QED) is 0.829. The van der Waals surface area contributed by atoms with Crippen molar-refractivity contribution in [3.63, 3.8) is 0 Å². The Bertz CT molecular complexity index is 347. The minimum absolute atomic E-state index is 0.0620. The Morgan fingerprint density at radius 3 is 2.50 bits per heavy atom. The SMILES string of the molecule is CC1(C)CC(CN)(c2ccccc2)CCO1. The Morgan fingerprint density at radius 1 is 1.25 bits per heavy atom. The molecule has 2 rings (SSSR count). The summed E-state index contributed by atoms with van der Waals surface area (Å²) in [7, 11) is 0. The van der Waals surface area contributed by atoms with Crippen LogP contribution >= 0.6 is 0 Å². The van der Waals surface area contributed by atoms with Gasteiger partial charge in [-0.1, -0.05) is 30.3 Å². The van der Waals surface area contributed by atoms with Crippen LogP contribution < -0.4 is 5.73 Å². The van der Waals surface area contributed by atoms with Gasteiger partial charge in [-0.05, 0) is 32.3 Å². The van der Waals surface area contributed by atoms with Gasteiger partial charge in [-0.3, -0.25) is 0 Å². The molecule has 0 saturated carbocycles. The zero-order valence-electron chi connectivity index (χ0n) is 10.2. The summed E-state index contributed by atoms with van der Waals surface area (Å²) in [4.78, 5) is 0. The first-order valence-corrected chi connectivity index (χ1v) is 5.98. The third-order valence-corrected chi connectivity index (χ3v) is 3.61. The number of ether oxygens (including phenoxy) is 1. The number of nitrogens with two attached hydrogens (primary N) is 1. The predicted octanol–water partition coefficient (Wildman–Crippen LogP) is 2.47. The summed E-state index contributed by atoms with van der Waals surface area (Å²) in [6.45, 7) is 5.81. The minimum atomic E-state index is -0.0620. The van der Waals surface area contributed by atoms with Crippen molar-refractivity contribution in [2.75, 3.05) is 13.2 Å². The number of hydrogen-bond acceptors (Lipinski definition) is 2. The van der Waals surface area contributed by atoms with E-state index in [0.717, 1.165) is 19.4 Å². The molecule has 16 heavy (non-hydrogen) atoms. The molecular weight excluding hydrogens is 198 g/mol. The molecule has 2 nitrogen and oxygen atoms in total. The molecule has 0 aliphatic carbocycles. The summed E-state index contributed by atoms with van der Waals surface area (Å²) >= 11 is 0. The molecule has 1 saturated heterocycles. The zero-order chi connectivity index (χ0) is 11.6. The summed E-state index contributed by atoms with van der Waals surface area (Å²) < 4.78 is 5.79. The van der Waals surface area contributed by atoms with Gasteiger partial charge in [0.1, 0.15) is 0 Å². The average Bonchev–Trinajstić information content (AvgIpc) is 2.29. The molecule has 1 unspecified atom stereocenters. The van der Waals surface area contributed by atoms with E-state index in [1.165, 1.54) is 5.56 Å². The average molecular weight is 219 g/mol. The Kier molecular flexibility index (Phi) is 3.04. The predicted molar refractivity (Wildman–Crippen MR) is 66.4 cm³/mol. The van der Waals surface area contributed by atoms with E-state index in [1.54, 1.807) is 0 Å². The van der Waals surface area contributed by atoms with Crippen LogP contribution in [0, 0.1) is 0 Å². The van der Waals surface area contributed by atoms with Gasteiger partial charge in [-0.15, -0.1) is 0 Å². The fourth-order valence-corrected chi connectivity index (χ4v) is 2.81. The van der Waals surface area contributed by atoms with Gasteiger partial charge in [0.15, 0.2) is 0 Å². The van der Waals surface area contributed by atoms with Crippen LogP contribution in [0.25, 0.3) is 0 Å². The second kappa shape index (κ2) is 4.19. The van der Waals surface area contributed by atoms with Crippen LogP contribution in [-0.4, -0.2) is 18.8 Å². The summed E-state index contributed by atoms with van der Waals surface area (Å²) in [6, 6.07) is 10.6. The van der Waals surface area contributed by atoms with Gasteiger partial charge in [-0.25, -0.2) is 0 Å². The first kappa shape index (κ1) is 11.6. The zero-order valence-corrected chi connectivity index (χ0v) is 10.2. The second-order valence-electron chi connectivity index (χ2n) is 5.39. The van der Waals surface area contributed by atoms with Gasteiger partial charge < -0.3 is 10.5 Å². The molecule has 1 fully saturated rings. The second-order valence-corrected chi connectivity index (χ2v) is 5.39. The number of hydrogen-bond donors (Lipinski definition) is 1. The lowest BCUT2D eigenvalue weighted by Gasteiger charge is -2.44. The molecule has 0 amide bonds. The highest BCUT2D eigenvalue weighted by Gasteiger charge is 2.40. The van der Waals surface area contributed by atoms with Crippen molar-refractivity contribution in [1.29, 1.82) is 0 Å². The smallest absolute Gasteiger partial charge is 0.0635 e. The minimum Gasteiger partial charge on any atom is -0.376 e. The summed E-state index contributed by atoms with van der Waals surface area (Å²) in [5.41, 5.74) is 7.43. The first-order valence-electron chi connectivity index (χ1n) is 5.98.